The molecule has 7 heteroatoms. The normalized spacial score (nSPS) is 17.8. The van der Waals surface area contributed by atoms with Gasteiger partial charge in [-0.3, -0.25) is 18.8 Å². The highest BCUT2D eigenvalue weighted by atomic mass is 16.3. The van der Waals surface area contributed by atoms with E-state index >= 15 is 0 Å². The molecule has 130 valence electrons. The van der Waals surface area contributed by atoms with Crippen LogP contribution in [0.2, 0.25) is 0 Å². The maximum atomic E-state index is 12.8. The van der Waals surface area contributed by atoms with Crippen LogP contribution in [0.5, 0.6) is 5.88 Å². The number of nitrogens with one attached hydrogen (secondary N) is 1. The van der Waals surface area contributed by atoms with E-state index in [2.05, 4.69) is 11.1 Å². The van der Waals surface area contributed by atoms with E-state index in [-0.39, 0.29) is 11.4 Å². The molecule has 0 bridgehead atoms. The zero-order chi connectivity index (χ0) is 17.9. The molecule has 0 spiro atoms. The minimum Gasteiger partial charge on any atom is -0.494 e. The first-order valence-corrected chi connectivity index (χ1v) is 8.20. The number of aromatic hydroxyl groups is 1. The molecule has 1 aliphatic heterocycles. The number of hydrogen-bond donors (Lipinski definition) is 2. The molecule has 0 aliphatic carbocycles. The van der Waals surface area contributed by atoms with Crippen LogP contribution in [0.3, 0.4) is 0 Å². The Labute approximate surface area is 143 Å². The van der Waals surface area contributed by atoms with E-state index in [1.165, 1.54) is 14.1 Å². The van der Waals surface area contributed by atoms with Gasteiger partial charge in [0.25, 0.3) is 5.56 Å². The van der Waals surface area contributed by atoms with Crippen molar-refractivity contribution in [2.75, 3.05) is 13.6 Å². The summed E-state index contributed by atoms with van der Waals surface area (Å²) in [5, 5.41) is 11.7. The summed E-state index contributed by atoms with van der Waals surface area (Å²) in [5.41, 5.74) is 2.29. The number of para-hydroxylation sites is 1. The number of fused-ring (bicyclic) bond motifs is 3. The minimum absolute atomic E-state index is 0.222. The third-order valence-electron chi connectivity index (χ3n) is 5.22. The predicted octanol–water partition coefficient (Wildman–Crippen LogP) is 0.848. The quantitative estimate of drug-likeness (QED) is 0.688. The Morgan fingerprint density at radius 3 is 2.60 bits per heavy atom. The molecular formula is C18H20N4O3. The van der Waals surface area contributed by atoms with E-state index in [4.69, 9.17) is 0 Å². The third kappa shape index (κ3) is 2.09. The molecular weight excluding hydrogens is 320 g/mol. The summed E-state index contributed by atoms with van der Waals surface area (Å²) in [6, 6.07) is 7.59. The van der Waals surface area contributed by atoms with Crippen LogP contribution in [-0.2, 0) is 20.5 Å². The SMILES string of the molecule is CN1CCc2c([nH]c3ccccc23)C1c1c(O)n(C)c(=O)n(C)c1=O. The van der Waals surface area contributed by atoms with Crippen LogP contribution >= 0.6 is 0 Å². The molecule has 3 heterocycles. The lowest BCUT2D eigenvalue weighted by Crippen LogP contribution is -2.43. The molecule has 2 aromatic heterocycles. The van der Waals surface area contributed by atoms with Gasteiger partial charge in [-0.05, 0) is 25.1 Å². The topological polar surface area (TPSA) is 83.3 Å². The van der Waals surface area contributed by atoms with Crippen LogP contribution < -0.4 is 11.2 Å². The number of hydrogen-bond acceptors (Lipinski definition) is 4. The summed E-state index contributed by atoms with van der Waals surface area (Å²) in [7, 11) is 4.82. The Balaban J connectivity index is 2.05. The van der Waals surface area contributed by atoms with Crippen molar-refractivity contribution in [2.24, 2.45) is 14.1 Å². The maximum absolute atomic E-state index is 12.8. The predicted molar refractivity (Wildman–Crippen MR) is 95.1 cm³/mol. The molecule has 3 aromatic rings. The molecule has 2 N–H and O–H groups in total. The van der Waals surface area contributed by atoms with Gasteiger partial charge in [0.05, 0.1) is 6.04 Å². The Morgan fingerprint density at radius 1 is 1.12 bits per heavy atom. The number of rotatable bonds is 1. The van der Waals surface area contributed by atoms with E-state index < -0.39 is 17.3 Å². The molecule has 1 atom stereocenters. The van der Waals surface area contributed by atoms with Crippen LogP contribution in [-0.4, -0.2) is 37.7 Å². The summed E-state index contributed by atoms with van der Waals surface area (Å²) >= 11 is 0. The summed E-state index contributed by atoms with van der Waals surface area (Å²) in [6.45, 7) is 0.755. The lowest BCUT2D eigenvalue weighted by Gasteiger charge is -2.33. The first-order chi connectivity index (χ1) is 11.9. The lowest BCUT2D eigenvalue weighted by molar-refractivity contribution is 0.249. The standard InChI is InChI=1S/C18H20N4O3/c1-20-9-8-11-10-6-4-5-7-12(10)19-14(11)15(20)13-16(23)21(2)18(25)22(3)17(13)24/h4-7,15,19,23H,8-9H2,1-3H3. The fourth-order valence-corrected chi connectivity index (χ4v) is 3.82. The largest absolute Gasteiger partial charge is 0.494 e. The number of aromatic amines is 1. The fraction of sp³-hybridized carbons (Fsp3) is 0.333. The van der Waals surface area contributed by atoms with Gasteiger partial charge in [-0.15, -0.1) is 0 Å². The molecule has 0 fully saturated rings. The van der Waals surface area contributed by atoms with Crippen molar-refractivity contribution >= 4 is 10.9 Å². The number of likely N-dealkylation sites (N-methyl/N-ethyl adjacent to an activating group) is 1. The van der Waals surface area contributed by atoms with Crippen molar-refractivity contribution < 1.29 is 5.11 Å². The average Bonchev–Trinajstić information content (AvgIpc) is 2.99. The molecule has 25 heavy (non-hydrogen) atoms. The minimum atomic E-state index is -0.540. The van der Waals surface area contributed by atoms with Crippen LogP contribution in [0.4, 0.5) is 0 Å². The Kier molecular flexibility index (Phi) is 3.36. The van der Waals surface area contributed by atoms with Gasteiger partial charge in [0.1, 0.15) is 5.56 Å². The highest BCUT2D eigenvalue weighted by molar-refractivity contribution is 5.85. The van der Waals surface area contributed by atoms with E-state index in [1.807, 2.05) is 30.1 Å². The van der Waals surface area contributed by atoms with Crippen LogP contribution in [0, 0.1) is 0 Å². The van der Waals surface area contributed by atoms with Gasteiger partial charge in [-0.25, -0.2) is 4.79 Å². The number of H-pyrrole nitrogens is 1. The molecule has 1 aromatic carbocycles. The van der Waals surface area contributed by atoms with Crippen molar-refractivity contribution in [1.29, 1.82) is 0 Å². The van der Waals surface area contributed by atoms with Gasteiger partial charge in [0.2, 0.25) is 5.88 Å². The lowest BCUT2D eigenvalue weighted by atomic mass is 9.94. The van der Waals surface area contributed by atoms with Crippen LogP contribution in [0.15, 0.2) is 33.9 Å². The van der Waals surface area contributed by atoms with Crippen LogP contribution in [0.1, 0.15) is 22.9 Å². The van der Waals surface area contributed by atoms with E-state index in [0.29, 0.717) is 0 Å². The first kappa shape index (κ1) is 15.7. The Bertz CT molecular complexity index is 1110. The van der Waals surface area contributed by atoms with Gasteiger partial charge in [0.15, 0.2) is 0 Å². The third-order valence-corrected chi connectivity index (χ3v) is 5.22. The Hall–Kier alpha value is -2.80. The van der Waals surface area contributed by atoms with Crippen molar-refractivity contribution in [2.45, 2.75) is 12.5 Å². The molecule has 0 amide bonds. The second kappa shape index (κ2) is 5.35. The van der Waals surface area contributed by atoms with E-state index in [1.54, 1.807) is 0 Å². The van der Waals surface area contributed by atoms with Crippen LogP contribution in [0.25, 0.3) is 10.9 Å². The zero-order valence-corrected chi connectivity index (χ0v) is 14.4. The van der Waals surface area contributed by atoms with Gasteiger partial charge in [-0.2, -0.15) is 0 Å². The molecule has 4 rings (SSSR count). The van der Waals surface area contributed by atoms with Crippen molar-refractivity contribution in [3.8, 4) is 5.88 Å². The zero-order valence-electron chi connectivity index (χ0n) is 14.4. The number of aromatic nitrogens is 3. The van der Waals surface area contributed by atoms with Crippen molar-refractivity contribution in [3.63, 3.8) is 0 Å². The smallest absolute Gasteiger partial charge is 0.333 e. The second-order valence-electron chi connectivity index (χ2n) is 6.64. The molecule has 1 unspecified atom stereocenters. The van der Waals surface area contributed by atoms with Gasteiger partial charge < -0.3 is 10.1 Å². The monoisotopic (exact) mass is 340 g/mol. The van der Waals surface area contributed by atoms with Gasteiger partial charge in [-0.1, -0.05) is 18.2 Å². The first-order valence-electron chi connectivity index (χ1n) is 8.20. The molecule has 0 saturated heterocycles. The summed E-state index contributed by atoms with van der Waals surface area (Å²) in [5.74, 6) is -0.281. The maximum Gasteiger partial charge on any atom is 0.333 e. The summed E-state index contributed by atoms with van der Waals surface area (Å²) in [6.07, 6.45) is 0.860. The average molecular weight is 340 g/mol. The van der Waals surface area contributed by atoms with Crippen molar-refractivity contribution in [3.05, 3.63) is 61.9 Å². The van der Waals surface area contributed by atoms with Gasteiger partial charge >= 0.3 is 5.69 Å². The molecule has 1 aliphatic rings. The van der Waals surface area contributed by atoms with Crippen molar-refractivity contribution in [1.82, 2.24) is 19.0 Å². The molecule has 0 radical (unpaired) electrons. The Morgan fingerprint density at radius 2 is 1.84 bits per heavy atom. The van der Waals surface area contributed by atoms with E-state index in [0.717, 1.165) is 44.3 Å². The summed E-state index contributed by atoms with van der Waals surface area (Å²) in [4.78, 5) is 30.3. The van der Waals surface area contributed by atoms with E-state index in [9.17, 15) is 14.7 Å². The molecule has 7 nitrogen and oxygen atoms in total. The van der Waals surface area contributed by atoms with Gasteiger partial charge in [0, 0.05) is 37.2 Å². The summed E-state index contributed by atoms with van der Waals surface area (Å²) < 4.78 is 2.15. The number of benzene rings is 1. The molecule has 0 saturated carbocycles. The highest BCUT2D eigenvalue weighted by Gasteiger charge is 2.34. The number of nitrogens with zero attached hydrogens (tertiary/aromatic N) is 3. The fourth-order valence-electron chi connectivity index (χ4n) is 3.82. The highest BCUT2D eigenvalue weighted by Crippen LogP contribution is 2.38. The second-order valence-corrected chi connectivity index (χ2v) is 6.64.